The fourth-order valence-electron chi connectivity index (χ4n) is 9.43. The van der Waals surface area contributed by atoms with E-state index in [1.807, 2.05) is 97.8 Å². The Morgan fingerprint density at radius 2 is 0.831 bits per heavy atom. The molecule has 2 aliphatic rings. The van der Waals surface area contributed by atoms with Crippen LogP contribution in [0.3, 0.4) is 0 Å². The van der Waals surface area contributed by atoms with Crippen molar-refractivity contribution in [2.45, 2.75) is 228 Å². The van der Waals surface area contributed by atoms with Crippen molar-refractivity contribution in [2.24, 2.45) is 11.8 Å². The number of hydrogen-bond acceptors (Lipinski definition) is 12. The number of carbonyl (C=O) groups excluding carboxylic acids is 5. The second-order valence-electron chi connectivity index (χ2n) is 23.1. The lowest BCUT2D eigenvalue weighted by Gasteiger charge is -2.52. The van der Waals surface area contributed by atoms with E-state index in [0.717, 1.165) is 38.8 Å². The fraction of sp³-hybridized carbons (Fsp3) is 0.904. The highest BCUT2D eigenvalue weighted by molar-refractivity contribution is 5.79. The minimum Gasteiger partial charge on any atom is -0.459 e. The molecule has 378 valence electrons. The van der Waals surface area contributed by atoms with Crippen molar-refractivity contribution < 1.29 is 42.9 Å². The van der Waals surface area contributed by atoms with Gasteiger partial charge in [-0.05, 0) is 128 Å². The molecule has 0 radical (unpaired) electrons. The molecule has 65 heavy (non-hydrogen) atoms. The van der Waals surface area contributed by atoms with Crippen LogP contribution in [0, 0.1) is 11.8 Å². The van der Waals surface area contributed by atoms with Gasteiger partial charge in [0.15, 0.2) is 0 Å². The highest BCUT2D eigenvalue weighted by Gasteiger charge is 2.51. The Hall–Kier alpha value is -2.77. The molecule has 13 heteroatoms. The van der Waals surface area contributed by atoms with E-state index in [9.17, 15) is 24.0 Å². The van der Waals surface area contributed by atoms with E-state index in [0.29, 0.717) is 51.9 Å². The van der Waals surface area contributed by atoms with Gasteiger partial charge >= 0.3 is 23.9 Å². The van der Waals surface area contributed by atoms with Crippen molar-refractivity contribution in [3.8, 4) is 0 Å². The summed E-state index contributed by atoms with van der Waals surface area (Å²) >= 11 is 0. The summed E-state index contributed by atoms with van der Waals surface area (Å²) in [6.07, 6.45) is 16.6. The first-order valence-corrected chi connectivity index (χ1v) is 25.5. The van der Waals surface area contributed by atoms with Crippen LogP contribution in [-0.4, -0.2) is 143 Å². The Balaban J connectivity index is 2.67. The zero-order valence-corrected chi connectivity index (χ0v) is 44.0. The number of amides is 1. The third-order valence-corrected chi connectivity index (χ3v) is 12.1. The molecule has 0 N–H and O–H groups in total. The predicted octanol–water partition coefficient (Wildman–Crippen LogP) is 9.37. The topological polar surface area (TPSA) is 135 Å². The predicted molar refractivity (Wildman–Crippen MR) is 259 cm³/mol. The zero-order valence-electron chi connectivity index (χ0n) is 44.0. The third kappa shape index (κ3) is 24.2. The number of unbranched alkanes of at least 4 members (excludes halogenated alkanes) is 10. The smallest absolute Gasteiger partial charge is 0.320 e. The van der Waals surface area contributed by atoms with Gasteiger partial charge in [-0.2, -0.15) is 0 Å². The van der Waals surface area contributed by atoms with E-state index in [2.05, 4.69) is 18.7 Å². The van der Waals surface area contributed by atoms with Crippen molar-refractivity contribution in [2.75, 3.05) is 65.4 Å². The van der Waals surface area contributed by atoms with Crippen molar-refractivity contribution >= 4 is 29.8 Å². The van der Waals surface area contributed by atoms with E-state index < -0.39 is 39.9 Å². The van der Waals surface area contributed by atoms with Gasteiger partial charge in [-0.25, -0.2) is 0 Å². The summed E-state index contributed by atoms with van der Waals surface area (Å²) in [6.45, 7) is 28.9. The molecule has 0 aromatic rings. The molecule has 2 rings (SSSR count). The van der Waals surface area contributed by atoms with Crippen LogP contribution in [0.1, 0.15) is 200 Å². The molecule has 2 fully saturated rings. The van der Waals surface area contributed by atoms with Crippen LogP contribution in [0.25, 0.3) is 0 Å². The molecule has 1 heterocycles. The highest BCUT2D eigenvalue weighted by atomic mass is 16.6. The lowest BCUT2D eigenvalue weighted by Crippen LogP contribution is -2.66. The molecule has 1 saturated heterocycles. The first kappa shape index (κ1) is 58.4. The van der Waals surface area contributed by atoms with Crippen LogP contribution in [0.2, 0.25) is 0 Å². The third-order valence-electron chi connectivity index (χ3n) is 12.1. The van der Waals surface area contributed by atoms with Gasteiger partial charge in [-0.1, -0.05) is 78.1 Å². The van der Waals surface area contributed by atoms with Gasteiger partial charge < -0.3 is 23.8 Å². The first-order chi connectivity index (χ1) is 30.1. The van der Waals surface area contributed by atoms with Crippen molar-refractivity contribution in [1.29, 1.82) is 0 Å². The first-order valence-electron chi connectivity index (χ1n) is 25.5. The van der Waals surface area contributed by atoms with Crippen molar-refractivity contribution in [3.63, 3.8) is 0 Å². The van der Waals surface area contributed by atoms with Crippen LogP contribution >= 0.6 is 0 Å². The molecular formula is C52H96N4O9. The monoisotopic (exact) mass is 921 g/mol. The van der Waals surface area contributed by atoms with Gasteiger partial charge in [0.1, 0.15) is 22.4 Å². The summed E-state index contributed by atoms with van der Waals surface area (Å²) in [5.41, 5.74) is -3.95. The molecule has 1 aliphatic carbocycles. The summed E-state index contributed by atoms with van der Waals surface area (Å²) in [7, 11) is 0. The molecular weight excluding hydrogens is 825 g/mol. The van der Waals surface area contributed by atoms with Crippen LogP contribution in [-0.2, 0) is 42.9 Å². The van der Waals surface area contributed by atoms with E-state index in [1.165, 1.54) is 51.4 Å². The van der Waals surface area contributed by atoms with E-state index in [4.69, 9.17) is 18.9 Å². The highest BCUT2D eigenvalue weighted by Crippen LogP contribution is 2.42. The Kier molecular flexibility index (Phi) is 24.5. The van der Waals surface area contributed by atoms with Gasteiger partial charge in [0, 0.05) is 45.2 Å². The van der Waals surface area contributed by atoms with E-state index in [1.54, 1.807) is 0 Å². The van der Waals surface area contributed by atoms with Crippen LogP contribution in [0.4, 0.5) is 0 Å². The van der Waals surface area contributed by atoms with Crippen molar-refractivity contribution in [1.82, 2.24) is 19.6 Å². The summed E-state index contributed by atoms with van der Waals surface area (Å²) < 4.78 is 23.5. The summed E-state index contributed by atoms with van der Waals surface area (Å²) in [5.74, 6) is -1.81. The summed E-state index contributed by atoms with van der Waals surface area (Å²) in [5, 5.41) is 0. The lowest BCUT2D eigenvalue weighted by atomic mass is 9.69. The van der Waals surface area contributed by atoms with Gasteiger partial charge in [0.2, 0.25) is 5.91 Å². The molecule has 0 spiro atoms. The van der Waals surface area contributed by atoms with Crippen LogP contribution in [0.15, 0.2) is 0 Å². The number of carbonyl (C=O) groups is 5. The number of hydrogen-bond donors (Lipinski definition) is 0. The van der Waals surface area contributed by atoms with E-state index in [-0.39, 0.29) is 55.9 Å². The summed E-state index contributed by atoms with van der Waals surface area (Å²) in [6, 6.07) is 0. The maximum absolute atomic E-state index is 14.6. The molecule has 1 amide bonds. The molecule has 0 aromatic heterocycles. The number of nitrogens with zero attached hydrogens (tertiary/aromatic N) is 4. The largest absolute Gasteiger partial charge is 0.459 e. The quantitative estimate of drug-likeness (QED) is 0.0491. The Labute approximate surface area is 396 Å². The van der Waals surface area contributed by atoms with Crippen LogP contribution in [0.5, 0.6) is 0 Å². The minimum absolute atomic E-state index is 0.0221. The second-order valence-corrected chi connectivity index (χ2v) is 23.1. The molecule has 13 nitrogen and oxygen atoms in total. The Morgan fingerprint density at radius 3 is 1.18 bits per heavy atom. The SMILES string of the molecule is CCCCCCCCN(CCCCCCCC)C(=O)C1CCC(C2(N(CC(=O)OC(C)(C)C)CC(=O)OC(C)(C)C)CN(CC(=O)OC(C)(C)C)CCN(CC(=O)OC(C)(C)C)C2)CC1. The number of ether oxygens (including phenoxy) is 4. The normalized spacial score (nSPS) is 19.1. The Bertz CT molecular complexity index is 1360. The number of esters is 4. The molecule has 0 unspecified atom stereocenters. The van der Waals surface area contributed by atoms with Gasteiger partial charge in [0.05, 0.1) is 31.7 Å². The second kappa shape index (κ2) is 27.3. The standard InChI is InChI=1S/C52H96N4O9/c1-15-17-19-21-23-25-31-55(32-26-24-22-20-18-16-2)47(61)41-27-29-42(30-28-41)52(56(37-45(59)64-50(9,10)11)38-46(60)65-51(12,13)14)39-53(35-43(57)62-48(3,4)5)33-34-54(40-52)36-44(58)63-49(6,7)8/h41-42H,15-40H2,1-14H3. The molecule has 0 aromatic carbocycles. The maximum atomic E-state index is 14.6. The van der Waals surface area contributed by atoms with Crippen molar-refractivity contribution in [3.05, 3.63) is 0 Å². The molecule has 1 aliphatic heterocycles. The molecule has 0 bridgehead atoms. The van der Waals surface area contributed by atoms with Gasteiger partial charge in [-0.15, -0.1) is 0 Å². The minimum atomic E-state index is -0.973. The molecule has 0 atom stereocenters. The maximum Gasteiger partial charge on any atom is 0.320 e. The zero-order chi connectivity index (χ0) is 49.1. The average molecular weight is 921 g/mol. The fourth-order valence-corrected chi connectivity index (χ4v) is 9.43. The van der Waals surface area contributed by atoms with Gasteiger partial charge in [-0.3, -0.25) is 38.7 Å². The van der Waals surface area contributed by atoms with E-state index >= 15 is 0 Å². The summed E-state index contributed by atoms with van der Waals surface area (Å²) in [4.78, 5) is 77.9. The Morgan fingerprint density at radius 1 is 0.492 bits per heavy atom. The number of rotatable bonds is 25. The molecule has 1 saturated carbocycles. The van der Waals surface area contributed by atoms with Gasteiger partial charge in [0.25, 0.3) is 0 Å². The lowest BCUT2D eigenvalue weighted by molar-refractivity contribution is -0.168. The average Bonchev–Trinajstić information content (AvgIpc) is 3.32. The van der Waals surface area contributed by atoms with Crippen LogP contribution < -0.4 is 0 Å².